The molecule has 0 radical (unpaired) electrons. The molecule has 2 aromatic heterocycles. The molecule has 0 aromatic carbocycles. The van der Waals surface area contributed by atoms with Gasteiger partial charge in [-0.2, -0.15) is 5.10 Å². The second-order valence-corrected chi connectivity index (χ2v) is 4.89. The predicted molar refractivity (Wildman–Crippen MR) is 72.5 cm³/mol. The molecule has 0 fully saturated rings. The van der Waals surface area contributed by atoms with Crippen molar-refractivity contribution in [3.63, 3.8) is 0 Å². The molecule has 102 valence electrons. The molecule has 2 N–H and O–H groups in total. The average Bonchev–Trinajstić information content (AvgIpc) is 3.04. The first-order valence-corrected chi connectivity index (χ1v) is 6.88. The molecular weight excluding hydrogens is 264 g/mol. The van der Waals surface area contributed by atoms with Crippen molar-refractivity contribution < 1.29 is 9.53 Å². The molecule has 0 bridgehead atoms. The van der Waals surface area contributed by atoms with Gasteiger partial charge in [-0.3, -0.25) is 9.48 Å². The van der Waals surface area contributed by atoms with Gasteiger partial charge >= 0.3 is 0 Å². The van der Waals surface area contributed by atoms with Crippen molar-refractivity contribution in [1.29, 1.82) is 0 Å². The van der Waals surface area contributed by atoms with E-state index >= 15 is 0 Å². The Labute approximate surface area is 115 Å². The summed E-state index contributed by atoms with van der Waals surface area (Å²) in [6.07, 6.45) is 2.44. The summed E-state index contributed by atoms with van der Waals surface area (Å²) in [4.78, 5) is 16.7. The Morgan fingerprint density at radius 2 is 2.37 bits per heavy atom. The first-order valence-electron chi connectivity index (χ1n) is 6.00. The van der Waals surface area contributed by atoms with E-state index < -0.39 is 0 Å². The molecule has 0 aliphatic heterocycles. The first kappa shape index (κ1) is 13.7. The van der Waals surface area contributed by atoms with Crippen LogP contribution in [0.5, 0.6) is 5.75 Å². The molecule has 0 spiro atoms. The molecule has 0 atom stereocenters. The molecule has 7 heteroatoms. The lowest BCUT2D eigenvalue weighted by Gasteiger charge is -2.05. The molecule has 0 aliphatic rings. The maximum absolute atomic E-state index is 12.5. The molecule has 2 rings (SSSR count). The third kappa shape index (κ3) is 2.66. The van der Waals surface area contributed by atoms with E-state index in [1.165, 1.54) is 18.4 Å². The molecule has 2 aromatic rings. The number of thiazole rings is 1. The van der Waals surface area contributed by atoms with Gasteiger partial charge in [-0.1, -0.05) is 6.92 Å². The largest absolute Gasteiger partial charge is 0.493 e. The summed E-state index contributed by atoms with van der Waals surface area (Å²) in [5, 5.41) is 6.63. The summed E-state index contributed by atoms with van der Waals surface area (Å²) in [7, 11) is 1.52. The number of ether oxygens (including phenoxy) is 1. The number of rotatable bonds is 6. The Bertz CT molecular complexity index is 576. The van der Waals surface area contributed by atoms with Crippen molar-refractivity contribution in [2.45, 2.75) is 26.4 Å². The standard InChI is InChI=1S/C12H16N4O2S/c1-3-4-16-11(9(18-2)6-14-16)12(17)8-7-19-10(5-13)15-8/h6-7H,3-5,13H2,1-2H3. The van der Waals surface area contributed by atoms with E-state index in [9.17, 15) is 4.79 Å². The number of nitrogens with zero attached hydrogens (tertiary/aromatic N) is 3. The van der Waals surface area contributed by atoms with Gasteiger partial charge in [-0.15, -0.1) is 11.3 Å². The zero-order chi connectivity index (χ0) is 13.8. The van der Waals surface area contributed by atoms with Crippen LogP contribution in [0.15, 0.2) is 11.6 Å². The van der Waals surface area contributed by atoms with Crippen LogP contribution in [-0.4, -0.2) is 27.7 Å². The lowest BCUT2D eigenvalue weighted by atomic mass is 10.2. The summed E-state index contributed by atoms with van der Waals surface area (Å²) in [5.74, 6) is 0.291. The van der Waals surface area contributed by atoms with Gasteiger partial charge in [0.15, 0.2) is 11.4 Å². The Hall–Kier alpha value is -1.73. The van der Waals surface area contributed by atoms with Gasteiger partial charge in [0.05, 0.1) is 13.3 Å². The van der Waals surface area contributed by atoms with Crippen molar-refractivity contribution in [1.82, 2.24) is 14.8 Å². The van der Waals surface area contributed by atoms with Crippen LogP contribution in [0.3, 0.4) is 0 Å². The summed E-state index contributed by atoms with van der Waals surface area (Å²) >= 11 is 1.38. The van der Waals surface area contributed by atoms with Crippen molar-refractivity contribution >= 4 is 17.1 Å². The first-order chi connectivity index (χ1) is 9.21. The van der Waals surface area contributed by atoms with Crippen LogP contribution >= 0.6 is 11.3 Å². The SMILES string of the molecule is CCCn1ncc(OC)c1C(=O)c1csc(CN)n1. The summed E-state index contributed by atoms with van der Waals surface area (Å²) in [5.41, 5.74) is 6.34. The van der Waals surface area contributed by atoms with Gasteiger partial charge in [0.2, 0.25) is 5.78 Å². The van der Waals surface area contributed by atoms with Crippen molar-refractivity contribution in [2.75, 3.05) is 7.11 Å². The van der Waals surface area contributed by atoms with Crippen LogP contribution in [0.2, 0.25) is 0 Å². The maximum atomic E-state index is 12.5. The molecule has 0 saturated heterocycles. The van der Waals surface area contributed by atoms with Crippen molar-refractivity contribution in [2.24, 2.45) is 5.73 Å². The smallest absolute Gasteiger partial charge is 0.234 e. The molecule has 19 heavy (non-hydrogen) atoms. The van der Waals surface area contributed by atoms with E-state index in [0.717, 1.165) is 11.4 Å². The van der Waals surface area contributed by atoms with E-state index in [2.05, 4.69) is 10.1 Å². The van der Waals surface area contributed by atoms with Crippen LogP contribution in [0.1, 0.15) is 34.5 Å². The topological polar surface area (TPSA) is 83.0 Å². The van der Waals surface area contributed by atoms with Gasteiger partial charge in [0.1, 0.15) is 10.7 Å². The van der Waals surface area contributed by atoms with Gasteiger partial charge in [0.25, 0.3) is 0 Å². The number of hydrogen-bond acceptors (Lipinski definition) is 6. The molecule has 0 aliphatic carbocycles. The molecule has 0 unspecified atom stereocenters. The number of ketones is 1. The predicted octanol–water partition coefficient (Wildman–Crippen LogP) is 1.45. The fraction of sp³-hybridized carbons (Fsp3) is 0.417. The Balaban J connectivity index is 2.38. The Morgan fingerprint density at radius 1 is 1.58 bits per heavy atom. The Kier molecular flexibility index (Phi) is 4.28. The number of nitrogens with two attached hydrogens (primary N) is 1. The normalized spacial score (nSPS) is 10.7. The minimum absolute atomic E-state index is 0.182. The monoisotopic (exact) mass is 280 g/mol. The number of carbonyl (C=O) groups excluding carboxylic acids is 1. The van der Waals surface area contributed by atoms with Crippen LogP contribution < -0.4 is 10.5 Å². The molecule has 0 saturated carbocycles. The molecule has 0 amide bonds. The number of hydrogen-bond donors (Lipinski definition) is 1. The van der Waals surface area contributed by atoms with E-state index in [1.54, 1.807) is 16.3 Å². The fourth-order valence-corrected chi connectivity index (χ4v) is 2.41. The number of methoxy groups -OCH3 is 1. The average molecular weight is 280 g/mol. The number of carbonyl (C=O) groups is 1. The Morgan fingerprint density at radius 3 is 2.95 bits per heavy atom. The fourth-order valence-electron chi connectivity index (χ4n) is 1.76. The van der Waals surface area contributed by atoms with Gasteiger partial charge in [-0.25, -0.2) is 4.98 Å². The van der Waals surface area contributed by atoms with E-state index in [1.807, 2.05) is 6.92 Å². The van der Waals surface area contributed by atoms with Crippen LogP contribution in [0.25, 0.3) is 0 Å². The van der Waals surface area contributed by atoms with Gasteiger partial charge < -0.3 is 10.5 Å². The lowest BCUT2D eigenvalue weighted by Crippen LogP contribution is -2.13. The summed E-state index contributed by atoms with van der Waals surface area (Å²) in [6, 6.07) is 0. The molecule has 6 nitrogen and oxygen atoms in total. The summed E-state index contributed by atoms with van der Waals surface area (Å²) < 4.78 is 6.85. The van der Waals surface area contributed by atoms with Crippen LogP contribution in [-0.2, 0) is 13.1 Å². The quantitative estimate of drug-likeness (QED) is 0.810. The number of aryl methyl sites for hydroxylation is 1. The molecular formula is C12H16N4O2S. The third-order valence-corrected chi connectivity index (χ3v) is 3.51. The minimum atomic E-state index is -0.182. The minimum Gasteiger partial charge on any atom is -0.493 e. The second-order valence-electron chi connectivity index (χ2n) is 3.94. The zero-order valence-corrected chi connectivity index (χ0v) is 11.7. The highest BCUT2D eigenvalue weighted by Gasteiger charge is 2.22. The van der Waals surface area contributed by atoms with Crippen molar-refractivity contribution in [3.8, 4) is 5.75 Å². The highest BCUT2D eigenvalue weighted by atomic mass is 32.1. The summed E-state index contributed by atoms with van der Waals surface area (Å²) in [6.45, 7) is 3.03. The third-order valence-electron chi connectivity index (χ3n) is 2.64. The van der Waals surface area contributed by atoms with Crippen molar-refractivity contribution in [3.05, 3.63) is 28.0 Å². The van der Waals surface area contributed by atoms with Crippen LogP contribution in [0.4, 0.5) is 0 Å². The highest BCUT2D eigenvalue weighted by Crippen LogP contribution is 2.22. The second kappa shape index (κ2) is 5.94. The highest BCUT2D eigenvalue weighted by molar-refractivity contribution is 7.09. The van der Waals surface area contributed by atoms with Gasteiger partial charge in [-0.05, 0) is 6.42 Å². The molecule has 2 heterocycles. The van der Waals surface area contributed by atoms with E-state index in [0.29, 0.717) is 30.2 Å². The van der Waals surface area contributed by atoms with Gasteiger partial charge in [0, 0.05) is 18.5 Å². The van der Waals surface area contributed by atoms with E-state index in [-0.39, 0.29) is 5.78 Å². The van der Waals surface area contributed by atoms with E-state index in [4.69, 9.17) is 10.5 Å². The van der Waals surface area contributed by atoms with Crippen LogP contribution in [0, 0.1) is 0 Å². The number of aromatic nitrogens is 3. The maximum Gasteiger partial charge on any atom is 0.234 e. The lowest BCUT2D eigenvalue weighted by molar-refractivity contribution is 0.102. The zero-order valence-electron chi connectivity index (χ0n) is 10.9.